The van der Waals surface area contributed by atoms with Gasteiger partial charge in [0.1, 0.15) is 0 Å². The molecular weight excluding hydrogens is 365 g/mol. The van der Waals surface area contributed by atoms with Gasteiger partial charge in [-0.1, -0.05) is 23.2 Å². The Hall–Kier alpha value is -1.66. The number of amides is 2. The molecule has 0 radical (unpaired) electrons. The first-order chi connectivity index (χ1) is 12.0. The van der Waals surface area contributed by atoms with Crippen LogP contribution in [0.5, 0.6) is 0 Å². The van der Waals surface area contributed by atoms with Crippen LogP contribution in [0.25, 0.3) is 0 Å². The summed E-state index contributed by atoms with van der Waals surface area (Å²) in [6, 6.07) is 5.55. The van der Waals surface area contributed by atoms with Crippen LogP contribution in [0.4, 0.5) is 10.5 Å². The van der Waals surface area contributed by atoms with Crippen molar-refractivity contribution in [2.45, 2.75) is 12.8 Å². The summed E-state index contributed by atoms with van der Waals surface area (Å²) in [5.74, 6) is -0.152. The fraction of sp³-hybridized carbons (Fsp3) is 0.529. The van der Waals surface area contributed by atoms with E-state index in [1.54, 1.807) is 6.07 Å². The van der Waals surface area contributed by atoms with E-state index in [0.717, 1.165) is 31.6 Å². The summed E-state index contributed by atoms with van der Waals surface area (Å²) in [6.07, 6.45) is 0.559. The molecule has 2 heterocycles. The molecular formula is C17H21Cl2N3O3. The number of carbonyl (C=O) groups is 2. The molecule has 0 bridgehead atoms. The Morgan fingerprint density at radius 1 is 1.00 bits per heavy atom. The normalized spacial score (nSPS) is 21.4. The lowest BCUT2D eigenvalue weighted by Crippen LogP contribution is -2.53. The van der Waals surface area contributed by atoms with Crippen LogP contribution in [0, 0.1) is 5.92 Å². The summed E-state index contributed by atoms with van der Waals surface area (Å²) in [5.41, 5.74) is 0.996. The van der Waals surface area contributed by atoms with Crippen molar-refractivity contribution in [3.63, 3.8) is 0 Å². The van der Waals surface area contributed by atoms with Crippen LogP contribution in [0.1, 0.15) is 12.8 Å². The molecule has 1 unspecified atom stereocenters. The zero-order valence-electron chi connectivity index (χ0n) is 13.8. The summed E-state index contributed by atoms with van der Waals surface area (Å²) in [5, 5.41) is 10.2. The van der Waals surface area contributed by atoms with Gasteiger partial charge in [0.2, 0.25) is 5.91 Å². The molecule has 1 aromatic carbocycles. The summed E-state index contributed by atoms with van der Waals surface area (Å²) in [4.78, 5) is 29.2. The van der Waals surface area contributed by atoms with Crippen molar-refractivity contribution in [1.82, 2.24) is 9.80 Å². The molecule has 6 nitrogen and oxygen atoms in total. The third-order valence-corrected chi connectivity index (χ3v) is 5.64. The van der Waals surface area contributed by atoms with Gasteiger partial charge >= 0.3 is 6.09 Å². The van der Waals surface area contributed by atoms with Crippen molar-refractivity contribution in [2.24, 2.45) is 5.92 Å². The zero-order chi connectivity index (χ0) is 18.0. The number of piperidine rings is 1. The molecule has 0 aliphatic carbocycles. The van der Waals surface area contributed by atoms with Crippen molar-refractivity contribution >= 4 is 40.9 Å². The van der Waals surface area contributed by atoms with Crippen LogP contribution in [-0.2, 0) is 4.79 Å². The van der Waals surface area contributed by atoms with E-state index in [0.29, 0.717) is 36.2 Å². The van der Waals surface area contributed by atoms with Gasteiger partial charge in [0.25, 0.3) is 0 Å². The van der Waals surface area contributed by atoms with Gasteiger partial charge in [-0.05, 0) is 31.0 Å². The highest BCUT2D eigenvalue weighted by molar-refractivity contribution is 6.42. The topological polar surface area (TPSA) is 64.1 Å². The monoisotopic (exact) mass is 385 g/mol. The van der Waals surface area contributed by atoms with Gasteiger partial charge in [0, 0.05) is 45.0 Å². The largest absolute Gasteiger partial charge is 0.465 e. The maximum absolute atomic E-state index is 12.7. The predicted octanol–water partition coefficient (Wildman–Crippen LogP) is 3.03. The lowest BCUT2D eigenvalue weighted by atomic mass is 9.96. The van der Waals surface area contributed by atoms with Gasteiger partial charge in [0.15, 0.2) is 0 Å². The highest BCUT2D eigenvalue weighted by Gasteiger charge is 2.32. The number of halogens is 2. The number of benzene rings is 1. The summed E-state index contributed by atoms with van der Waals surface area (Å²) >= 11 is 12.0. The van der Waals surface area contributed by atoms with Crippen molar-refractivity contribution in [2.75, 3.05) is 44.2 Å². The van der Waals surface area contributed by atoms with E-state index >= 15 is 0 Å². The quantitative estimate of drug-likeness (QED) is 0.849. The Morgan fingerprint density at radius 2 is 1.72 bits per heavy atom. The van der Waals surface area contributed by atoms with Crippen molar-refractivity contribution < 1.29 is 14.7 Å². The van der Waals surface area contributed by atoms with Crippen LogP contribution in [-0.4, -0.2) is 66.2 Å². The maximum Gasteiger partial charge on any atom is 0.407 e. The third-order valence-electron chi connectivity index (χ3n) is 4.90. The molecule has 136 valence electrons. The van der Waals surface area contributed by atoms with Gasteiger partial charge in [-0.2, -0.15) is 0 Å². The SMILES string of the molecule is O=C(O)N1CCCC(C(=O)N2CCN(c3ccc(Cl)c(Cl)c3)CC2)C1. The molecule has 1 atom stereocenters. The smallest absolute Gasteiger partial charge is 0.407 e. The fourth-order valence-corrected chi connectivity index (χ4v) is 3.77. The Balaban J connectivity index is 1.57. The summed E-state index contributed by atoms with van der Waals surface area (Å²) in [6.45, 7) is 3.52. The second-order valence-corrected chi connectivity index (χ2v) is 7.29. The first-order valence-electron chi connectivity index (χ1n) is 8.42. The Labute approximate surface area is 156 Å². The minimum absolute atomic E-state index is 0.0692. The fourth-order valence-electron chi connectivity index (χ4n) is 3.48. The molecule has 1 aromatic rings. The lowest BCUT2D eigenvalue weighted by molar-refractivity contribution is -0.137. The molecule has 1 N–H and O–H groups in total. The van der Waals surface area contributed by atoms with Crippen LogP contribution in [0.15, 0.2) is 18.2 Å². The number of nitrogens with zero attached hydrogens (tertiary/aromatic N) is 3. The Kier molecular flexibility index (Phi) is 5.59. The molecule has 0 spiro atoms. The standard InChI is InChI=1S/C17H21Cl2N3O3/c18-14-4-3-13(10-15(14)19)20-6-8-21(9-7-20)16(23)12-2-1-5-22(11-12)17(24)25/h3-4,10,12H,1-2,5-9,11H2,(H,24,25). The first kappa shape index (κ1) is 18.1. The molecule has 2 saturated heterocycles. The average Bonchev–Trinajstić information content (AvgIpc) is 2.63. The van der Waals surface area contributed by atoms with E-state index < -0.39 is 6.09 Å². The minimum atomic E-state index is -0.943. The number of carboxylic acid groups (broad SMARTS) is 1. The number of hydrogen-bond acceptors (Lipinski definition) is 3. The number of likely N-dealkylation sites (tertiary alicyclic amines) is 1. The van der Waals surface area contributed by atoms with Gasteiger partial charge in [0.05, 0.1) is 16.0 Å². The van der Waals surface area contributed by atoms with Crippen molar-refractivity contribution in [3.8, 4) is 0 Å². The van der Waals surface area contributed by atoms with E-state index in [-0.39, 0.29) is 11.8 Å². The minimum Gasteiger partial charge on any atom is -0.465 e. The summed E-state index contributed by atoms with van der Waals surface area (Å²) in [7, 11) is 0. The van der Waals surface area contributed by atoms with E-state index in [9.17, 15) is 9.59 Å². The van der Waals surface area contributed by atoms with Gasteiger partial charge in [-0.15, -0.1) is 0 Å². The highest BCUT2D eigenvalue weighted by atomic mass is 35.5. The van der Waals surface area contributed by atoms with E-state index in [2.05, 4.69) is 4.90 Å². The Morgan fingerprint density at radius 3 is 2.36 bits per heavy atom. The van der Waals surface area contributed by atoms with Crippen LogP contribution >= 0.6 is 23.2 Å². The number of carbonyl (C=O) groups excluding carboxylic acids is 1. The van der Waals surface area contributed by atoms with Crippen LogP contribution in [0.3, 0.4) is 0 Å². The first-order valence-corrected chi connectivity index (χ1v) is 9.18. The molecule has 2 aliphatic rings. The number of rotatable bonds is 2. The average molecular weight is 386 g/mol. The molecule has 2 aliphatic heterocycles. The van der Waals surface area contributed by atoms with Gasteiger partial charge in [-0.3, -0.25) is 4.79 Å². The molecule has 0 saturated carbocycles. The molecule has 0 aromatic heterocycles. The number of anilines is 1. The second kappa shape index (κ2) is 7.70. The van der Waals surface area contributed by atoms with Gasteiger partial charge < -0.3 is 19.8 Å². The molecule has 25 heavy (non-hydrogen) atoms. The van der Waals surface area contributed by atoms with E-state index in [4.69, 9.17) is 28.3 Å². The lowest BCUT2D eigenvalue weighted by Gasteiger charge is -2.39. The number of hydrogen-bond donors (Lipinski definition) is 1. The third kappa shape index (κ3) is 4.12. The summed E-state index contributed by atoms with van der Waals surface area (Å²) < 4.78 is 0. The molecule has 8 heteroatoms. The second-order valence-electron chi connectivity index (χ2n) is 6.48. The highest BCUT2D eigenvalue weighted by Crippen LogP contribution is 2.28. The zero-order valence-corrected chi connectivity index (χ0v) is 15.3. The van der Waals surface area contributed by atoms with Crippen LogP contribution < -0.4 is 4.90 Å². The molecule has 2 fully saturated rings. The van der Waals surface area contributed by atoms with Crippen molar-refractivity contribution in [1.29, 1.82) is 0 Å². The van der Waals surface area contributed by atoms with E-state index in [1.807, 2.05) is 17.0 Å². The van der Waals surface area contributed by atoms with Crippen LogP contribution in [0.2, 0.25) is 10.0 Å². The van der Waals surface area contributed by atoms with Crippen molar-refractivity contribution in [3.05, 3.63) is 28.2 Å². The Bertz CT molecular complexity index is 663. The molecule has 3 rings (SSSR count). The van der Waals surface area contributed by atoms with E-state index in [1.165, 1.54) is 4.90 Å². The number of piperazine rings is 1. The maximum atomic E-state index is 12.7. The van der Waals surface area contributed by atoms with Gasteiger partial charge in [-0.25, -0.2) is 4.79 Å². The molecule has 2 amide bonds. The predicted molar refractivity (Wildman–Crippen MR) is 97.6 cm³/mol.